The number of hydrogen-bond acceptors (Lipinski definition) is 10. The number of rotatable bonds is 22. The molecule has 5 fully saturated rings. The van der Waals surface area contributed by atoms with Gasteiger partial charge in [0.25, 0.3) is 0 Å². The number of carbonyl (C=O) groups excluding carboxylic acids is 7. The molecule has 9 atom stereocenters. The Balaban J connectivity index is 0.748. The molecular formula is C70H70Cl3F7N6O12. The number of ether oxygens (including phenoxy) is 1. The van der Waals surface area contributed by atoms with Crippen LogP contribution in [0.25, 0.3) is 11.1 Å². The summed E-state index contributed by atoms with van der Waals surface area (Å²) in [4.78, 5) is 121. The highest BCUT2D eigenvalue weighted by Gasteiger charge is 2.59. The van der Waals surface area contributed by atoms with E-state index in [1.807, 2.05) is 10.6 Å². The van der Waals surface area contributed by atoms with Crippen LogP contribution in [0, 0.1) is 35.4 Å². The van der Waals surface area contributed by atoms with Crippen molar-refractivity contribution in [2.24, 2.45) is 29.6 Å². The summed E-state index contributed by atoms with van der Waals surface area (Å²) < 4.78 is 107. The first-order valence-corrected chi connectivity index (χ1v) is 33.5. The van der Waals surface area contributed by atoms with E-state index in [-0.39, 0.29) is 110 Å². The lowest BCUT2D eigenvalue weighted by Gasteiger charge is -2.44. The number of halogens is 10. The van der Waals surface area contributed by atoms with Gasteiger partial charge in [0, 0.05) is 10.0 Å². The molecule has 5 aromatic carbocycles. The Bertz CT molecular complexity index is 3850. The van der Waals surface area contributed by atoms with Gasteiger partial charge in [0.05, 0.1) is 35.4 Å². The summed E-state index contributed by atoms with van der Waals surface area (Å²) in [5.74, 6) is -13.3. The summed E-state index contributed by atoms with van der Waals surface area (Å²) in [6, 6.07) is 15.7. The van der Waals surface area contributed by atoms with Gasteiger partial charge in [-0.25, -0.2) is 47.9 Å². The molecule has 3 heterocycles. The quantitative estimate of drug-likeness (QED) is 0.0247. The van der Waals surface area contributed by atoms with Gasteiger partial charge < -0.3 is 30.9 Å². The zero-order valence-corrected chi connectivity index (χ0v) is 55.0. The van der Waals surface area contributed by atoms with E-state index in [0.717, 1.165) is 6.42 Å². The van der Waals surface area contributed by atoms with Crippen molar-refractivity contribution >= 4 is 88.5 Å². The number of esters is 1. The molecule has 0 radical (unpaired) electrons. The fraction of sp³-hybridized carbons (Fsp3) is 0.443. The topological polar surface area (TPSA) is 249 Å². The maximum Gasteiger partial charge on any atom is 0.408 e. The fourth-order valence-electron chi connectivity index (χ4n) is 14.6. The molecule has 522 valence electrons. The van der Waals surface area contributed by atoms with Gasteiger partial charge in [-0.1, -0.05) is 133 Å². The van der Waals surface area contributed by atoms with Crippen LogP contribution in [0.1, 0.15) is 129 Å². The summed E-state index contributed by atoms with van der Waals surface area (Å²) >= 11 is 19.1. The second-order valence-electron chi connectivity index (χ2n) is 25.6. The molecule has 28 heteroatoms. The van der Waals surface area contributed by atoms with Crippen LogP contribution in [0.4, 0.5) is 45.1 Å². The average molecular weight is 1430 g/mol. The molecule has 98 heavy (non-hydrogen) atoms. The molecule has 10 rings (SSSR count). The number of likely N-dealkylation sites (tertiary alicyclic amines) is 3. The van der Waals surface area contributed by atoms with Crippen molar-refractivity contribution in [3.63, 3.8) is 0 Å². The largest absolute Gasteiger partial charge is 0.480 e. The number of carboxylic acids is 2. The van der Waals surface area contributed by atoms with Crippen molar-refractivity contribution < 1.29 is 88.8 Å². The van der Waals surface area contributed by atoms with Crippen LogP contribution in [0.3, 0.4) is 0 Å². The molecule has 3 aliphatic heterocycles. The predicted octanol–water partition coefficient (Wildman–Crippen LogP) is 13.8. The van der Waals surface area contributed by atoms with Gasteiger partial charge in [-0.3, -0.25) is 14.4 Å². The number of β-lactam (4-membered cyclic amide) rings is 3. The molecule has 5 aromatic rings. The third-order valence-electron chi connectivity index (χ3n) is 19.6. The maximum atomic E-state index is 14.8. The molecule has 0 aromatic heterocycles. The number of benzene rings is 5. The van der Waals surface area contributed by atoms with Gasteiger partial charge in [0.1, 0.15) is 17.9 Å². The second kappa shape index (κ2) is 30.4. The van der Waals surface area contributed by atoms with E-state index in [4.69, 9.17) is 39.5 Å². The SMILES string of the molecule is CCOC(=O)[C@@H]1[C@@H](CCc2cc(Cl)cc(-c3ccc(C(NC(=O)N4C(=O)[C@H](CCc5cc(Cl)cc(C6CCC([C@H](NC(=O)N7C(=O)[C@H](CCc8cccc(Cl)c8F)[C@H]7C(=O)O)C(F)(F)F)CC6)c5)[C@H]4C(=O)O)c4ccccc4)cc3)c2)C(=O)N1C(=O)N[C@@H](C1CCCCC1)C(F)(F)F. The molecule has 5 N–H and O–H groups in total. The third-order valence-corrected chi connectivity index (χ3v) is 20.3. The van der Waals surface area contributed by atoms with Crippen LogP contribution >= 0.6 is 34.8 Å². The lowest BCUT2D eigenvalue weighted by molar-refractivity contribution is -0.174. The van der Waals surface area contributed by atoms with Gasteiger partial charge in [0.2, 0.25) is 17.7 Å². The standard InChI is InChI=1S/C70H70Cl3F7N6O12/c1-2-98-65(94)57-51(62(89)86(57)68(97)82-58(69(75,76)77)43-12-7-4-8-13-43)28-17-37-31-45(34-48(72)33-37)38-18-22-42(23-19-38)54(41-10-5-3-6-11-41)81-66(95)84-55(63(90)91)49(60(84)87)27-16-36-30-46(35-47(71)32-36)39-20-24-44(25-21-39)59(70(78,79)80)83-67(96)85-56(64(92)93)50(61(85)88)29-26-40-14-9-15-52(73)53(40)74/h3,5-6,9-11,14-15,18-19,22-23,30-35,39,43-44,49-51,54-59H,2,4,7-8,12-13,16-17,20-21,24-29H2,1H3,(H,81,95)(H,82,97)(H,83,96)(H,90,91)(H,92,93)/t39?,44?,49-,50-,51-,54?,55+,56+,57+,58+,59+/m1/s1. The molecule has 5 aliphatic rings. The molecular weight excluding hydrogens is 1360 g/mol. The number of aryl methyl sites for hydroxylation is 3. The van der Waals surface area contributed by atoms with Crippen molar-refractivity contribution in [1.29, 1.82) is 0 Å². The van der Waals surface area contributed by atoms with Gasteiger partial charge in [-0.05, 0) is 177 Å². The molecule has 18 nitrogen and oxygen atoms in total. The number of imide groups is 3. The zero-order chi connectivity index (χ0) is 70.7. The minimum Gasteiger partial charge on any atom is -0.480 e. The van der Waals surface area contributed by atoms with E-state index >= 15 is 0 Å². The number of carbonyl (C=O) groups is 9. The number of nitrogens with one attached hydrogen (secondary N) is 3. The first-order chi connectivity index (χ1) is 46.5. The van der Waals surface area contributed by atoms with E-state index < -0.39 is 138 Å². The minimum atomic E-state index is -5.00. The summed E-state index contributed by atoms with van der Waals surface area (Å²) in [6.45, 7) is 1.41. The predicted molar refractivity (Wildman–Crippen MR) is 344 cm³/mol. The number of amides is 9. The third kappa shape index (κ3) is 15.9. The van der Waals surface area contributed by atoms with Crippen molar-refractivity contribution in [2.75, 3.05) is 6.61 Å². The van der Waals surface area contributed by atoms with E-state index in [1.54, 1.807) is 91.0 Å². The first-order valence-electron chi connectivity index (χ1n) is 32.4. The Kier molecular flexibility index (Phi) is 22.5. The fourth-order valence-corrected chi connectivity index (χ4v) is 15.3. The van der Waals surface area contributed by atoms with Crippen LogP contribution in [-0.2, 0) is 52.8 Å². The van der Waals surface area contributed by atoms with E-state index in [1.165, 1.54) is 25.1 Å². The molecule has 9 amide bonds. The van der Waals surface area contributed by atoms with E-state index in [2.05, 4.69) is 5.32 Å². The van der Waals surface area contributed by atoms with Crippen molar-refractivity contribution in [1.82, 2.24) is 30.7 Å². The van der Waals surface area contributed by atoms with Crippen LogP contribution in [0.2, 0.25) is 15.1 Å². The average Bonchev–Trinajstić information content (AvgIpc) is 0.759. The van der Waals surface area contributed by atoms with Crippen molar-refractivity contribution in [2.45, 2.75) is 158 Å². The number of aliphatic carboxylic acids is 2. The zero-order valence-electron chi connectivity index (χ0n) is 52.7. The Morgan fingerprint density at radius 2 is 1.02 bits per heavy atom. The van der Waals surface area contributed by atoms with Crippen LogP contribution in [0.5, 0.6) is 0 Å². The van der Waals surface area contributed by atoms with Gasteiger partial charge in [-0.15, -0.1) is 0 Å². The van der Waals surface area contributed by atoms with Crippen LogP contribution < -0.4 is 16.0 Å². The second-order valence-corrected chi connectivity index (χ2v) is 26.9. The highest BCUT2D eigenvalue weighted by atomic mass is 35.5. The number of carboxylic acid groups (broad SMARTS) is 2. The van der Waals surface area contributed by atoms with Gasteiger partial charge in [0.15, 0.2) is 18.1 Å². The van der Waals surface area contributed by atoms with Crippen molar-refractivity contribution in [3.05, 3.63) is 163 Å². The van der Waals surface area contributed by atoms with E-state index in [9.17, 15) is 84.1 Å². The Morgan fingerprint density at radius 1 is 0.541 bits per heavy atom. The molecule has 0 bridgehead atoms. The molecule has 0 spiro atoms. The lowest BCUT2D eigenvalue weighted by Crippen LogP contribution is -2.70. The number of nitrogens with zero attached hydrogens (tertiary/aromatic N) is 3. The molecule has 2 saturated carbocycles. The van der Waals surface area contributed by atoms with Gasteiger partial charge in [-0.2, -0.15) is 26.3 Å². The van der Waals surface area contributed by atoms with E-state index in [0.29, 0.717) is 66.6 Å². The maximum absolute atomic E-state index is 14.8. The van der Waals surface area contributed by atoms with Crippen LogP contribution in [-0.4, -0.2) is 128 Å². The molecule has 3 saturated heterocycles. The summed E-state index contributed by atoms with van der Waals surface area (Å²) in [5.41, 5.74) is 4.32. The summed E-state index contributed by atoms with van der Waals surface area (Å²) in [6.07, 6.45) is -7.20. The van der Waals surface area contributed by atoms with Crippen LogP contribution in [0.15, 0.2) is 109 Å². The Morgan fingerprint density at radius 3 is 1.55 bits per heavy atom. The van der Waals surface area contributed by atoms with Gasteiger partial charge >= 0.3 is 48.4 Å². The monoisotopic (exact) mass is 1420 g/mol. The lowest BCUT2D eigenvalue weighted by atomic mass is 9.75. The number of hydrogen-bond donors (Lipinski definition) is 5. The normalized spacial score (nSPS) is 22.9. The highest BCUT2D eigenvalue weighted by molar-refractivity contribution is 6.31. The first kappa shape index (κ1) is 72.5. The molecule has 1 unspecified atom stereocenters. The molecule has 2 aliphatic carbocycles. The number of urea groups is 3. The number of alkyl halides is 6. The van der Waals surface area contributed by atoms with Crippen molar-refractivity contribution in [3.8, 4) is 11.1 Å². The highest BCUT2D eigenvalue weighted by Crippen LogP contribution is 2.44. The minimum absolute atomic E-state index is 0.00947. The smallest absolute Gasteiger partial charge is 0.408 e. The summed E-state index contributed by atoms with van der Waals surface area (Å²) in [5, 5.41) is 27.6. The Labute approximate surface area is 573 Å². The Hall–Kier alpha value is -8.29. The summed E-state index contributed by atoms with van der Waals surface area (Å²) in [7, 11) is 0.